The van der Waals surface area contributed by atoms with Crippen molar-refractivity contribution in [2.24, 2.45) is 7.05 Å². The average molecular weight is 286 g/mol. The number of likely N-dealkylation sites (tertiary alicyclic amines) is 1. The molecule has 2 aromatic rings. The molecule has 1 atom stereocenters. The lowest BCUT2D eigenvalue weighted by molar-refractivity contribution is 0.233. The Morgan fingerprint density at radius 1 is 1.33 bits per heavy atom. The van der Waals surface area contributed by atoms with Gasteiger partial charge in [-0.05, 0) is 25.5 Å². The molecule has 1 unspecified atom stereocenters. The van der Waals surface area contributed by atoms with Crippen LogP contribution in [0.15, 0.2) is 24.3 Å². The van der Waals surface area contributed by atoms with Crippen molar-refractivity contribution in [2.45, 2.75) is 45.3 Å². The number of hydrogen-bond donors (Lipinski definition) is 1. The van der Waals surface area contributed by atoms with Crippen LogP contribution in [0, 0.1) is 0 Å². The fourth-order valence-electron chi connectivity index (χ4n) is 3.30. The first-order chi connectivity index (χ1) is 10.1. The number of aromatic nitrogens is 2. The van der Waals surface area contributed by atoms with E-state index in [1.807, 2.05) is 11.7 Å². The van der Waals surface area contributed by atoms with Crippen molar-refractivity contribution in [3.63, 3.8) is 0 Å². The fourth-order valence-corrected chi connectivity index (χ4v) is 3.30. The van der Waals surface area contributed by atoms with Crippen LogP contribution >= 0.6 is 0 Å². The van der Waals surface area contributed by atoms with E-state index >= 15 is 0 Å². The molecular weight excluding hydrogens is 260 g/mol. The van der Waals surface area contributed by atoms with Crippen LogP contribution in [0.5, 0.6) is 0 Å². The Kier molecular flexibility index (Phi) is 4.27. The van der Waals surface area contributed by atoms with E-state index in [0.717, 1.165) is 13.1 Å². The second-order valence-electron chi connectivity index (χ2n) is 6.42. The number of nitrogens with zero attached hydrogens (tertiary/aromatic N) is 3. The Hall–Kier alpha value is -1.39. The monoisotopic (exact) mass is 286 g/mol. The highest BCUT2D eigenvalue weighted by Crippen LogP contribution is 2.23. The minimum absolute atomic E-state index is 0.558. The van der Waals surface area contributed by atoms with E-state index in [2.05, 4.69) is 48.3 Å². The minimum atomic E-state index is 0.558. The van der Waals surface area contributed by atoms with Gasteiger partial charge >= 0.3 is 0 Å². The maximum absolute atomic E-state index is 4.74. The first-order valence-corrected chi connectivity index (χ1v) is 8.03. The summed E-state index contributed by atoms with van der Waals surface area (Å²) in [5.74, 6) is 0. The molecule has 1 N–H and O–H groups in total. The highest BCUT2D eigenvalue weighted by molar-refractivity contribution is 5.81. The Morgan fingerprint density at radius 3 is 2.95 bits per heavy atom. The Labute approximate surface area is 127 Å². The summed E-state index contributed by atoms with van der Waals surface area (Å²) in [6.45, 7) is 7.67. The molecule has 1 aliphatic rings. The van der Waals surface area contributed by atoms with E-state index < -0.39 is 0 Å². The highest BCUT2D eigenvalue weighted by atomic mass is 15.3. The highest BCUT2D eigenvalue weighted by Gasteiger charge is 2.25. The van der Waals surface area contributed by atoms with Crippen LogP contribution in [-0.4, -0.2) is 39.9 Å². The van der Waals surface area contributed by atoms with Crippen LogP contribution in [0.25, 0.3) is 10.9 Å². The second kappa shape index (κ2) is 6.16. The maximum Gasteiger partial charge on any atom is 0.0843 e. The molecule has 0 spiro atoms. The van der Waals surface area contributed by atoms with E-state index in [0.29, 0.717) is 12.1 Å². The quantitative estimate of drug-likeness (QED) is 0.917. The number of nitrogens with one attached hydrogen (secondary N) is 1. The molecule has 2 heterocycles. The smallest absolute Gasteiger partial charge is 0.0843 e. The molecule has 0 aliphatic carbocycles. The number of rotatable bonds is 5. The van der Waals surface area contributed by atoms with Gasteiger partial charge in [-0.2, -0.15) is 5.10 Å². The first-order valence-electron chi connectivity index (χ1n) is 8.03. The molecule has 0 saturated carbocycles. The molecule has 114 valence electrons. The molecule has 0 radical (unpaired) electrons. The average Bonchev–Trinajstić information content (AvgIpc) is 3.03. The Bertz CT molecular complexity index is 602. The van der Waals surface area contributed by atoms with Crippen molar-refractivity contribution >= 4 is 10.9 Å². The van der Waals surface area contributed by atoms with Crippen LogP contribution in [0.3, 0.4) is 0 Å². The summed E-state index contributed by atoms with van der Waals surface area (Å²) in [6.07, 6.45) is 2.60. The first kappa shape index (κ1) is 14.5. The van der Waals surface area contributed by atoms with Crippen LogP contribution in [-0.2, 0) is 13.6 Å². The third-order valence-corrected chi connectivity index (χ3v) is 4.45. The standard InChI is InChI=1S/C17H26N4/c1-13(2)18-11-14-7-6-10-21(14)12-16-15-8-4-5-9-17(15)20(3)19-16/h4-5,8-9,13-14,18H,6-7,10-12H2,1-3H3. The normalized spacial score (nSPS) is 19.9. The molecule has 0 amide bonds. The number of fused-ring (bicyclic) bond motifs is 1. The molecule has 1 fully saturated rings. The molecule has 1 saturated heterocycles. The molecule has 1 aromatic carbocycles. The lowest BCUT2D eigenvalue weighted by Gasteiger charge is -2.25. The Morgan fingerprint density at radius 2 is 2.14 bits per heavy atom. The summed E-state index contributed by atoms with van der Waals surface area (Å²) in [5.41, 5.74) is 2.44. The predicted octanol–water partition coefficient (Wildman–Crippen LogP) is 2.54. The largest absolute Gasteiger partial charge is 0.313 e. The van der Waals surface area contributed by atoms with Gasteiger partial charge in [0.25, 0.3) is 0 Å². The van der Waals surface area contributed by atoms with Gasteiger partial charge in [-0.3, -0.25) is 9.58 Å². The molecule has 21 heavy (non-hydrogen) atoms. The van der Waals surface area contributed by atoms with Crippen LogP contribution < -0.4 is 5.32 Å². The van der Waals surface area contributed by atoms with Crippen molar-refractivity contribution in [1.29, 1.82) is 0 Å². The van der Waals surface area contributed by atoms with Crippen molar-refractivity contribution in [2.75, 3.05) is 13.1 Å². The number of aryl methyl sites for hydroxylation is 1. The van der Waals surface area contributed by atoms with Crippen LogP contribution in [0.1, 0.15) is 32.4 Å². The predicted molar refractivity (Wildman–Crippen MR) is 87.3 cm³/mol. The van der Waals surface area contributed by atoms with Crippen molar-refractivity contribution in [3.05, 3.63) is 30.0 Å². The summed E-state index contributed by atoms with van der Waals surface area (Å²) in [5, 5.41) is 9.61. The zero-order chi connectivity index (χ0) is 14.8. The lowest BCUT2D eigenvalue weighted by Crippen LogP contribution is -2.39. The number of para-hydroxylation sites is 1. The van der Waals surface area contributed by atoms with E-state index in [4.69, 9.17) is 5.10 Å². The molecule has 4 nitrogen and oxygen atoms in total. The lowest BCUT2D eigenvalue weighted by atomic mass is 10.1. The molecule has 0 bridgehead atoms. The van der Waals surface area contributed by atoms with Crippen LogP contribution in [0.4, 0.5) is 0 Å². The van der Waals surface area contributed by atoms with Gasteiger partial charge in [0.15, 0.2) is 0 Å². The molecule has 3 rings (SSSR count). The van der Waals surface area contributed by atoms with Gasteiger partial charge in [-0.1, -0.05) is 32.0 Å². The van der Waals surface area contributed by atoms with E-state index in [1.165, 1.54) is 36.0 Å². The summed E-state index contributed by atoms with van der Waals surface area (Å²) >= 11 is 0. The molecule has 1 aromatic heterocycles. The van der Waals surface area contributed by atoms with Gasteiger partial charge in [0.2, 0.25) is 0 Å². The second-order valence-corrected chi connectivity index (χ2v) is 6.42. The minimum Gasteiger partial charge on any atom is -0.313 e. The molecule has 4 heteroatoms. The van der Waals surface area contributed by atoms with Gasteiger partial charge < -0.3 is 5.32 Å². The van der Waals surface area contributed by atoms with Gasteiger partial charge in [-0.15, -0.1) is 0 Å². The Balaban J connectivity index is 1.75. The van der Waals surface area contributed by atoms with Crippen LogP contribution in [0.2, 0.25) is 0 Å². The van der Waals surface area contributed by atoms with Gasteiger partial charge in [0.1, 0.15) is 0 Å². The molecule has 1 aliphatic heterocycles. The summed E-state index contributed by atoms with van der Waals surface area (Å²) in [7, 11) is 2.04. The van der Waals surface area contributed by atoms with E-state index in [-0.39, 0.29) is 0 Å². The summed E-state index contributed by atoms with van der Waals surface area (Å²) < 4.78 is 2.00. The zero-order valence-corrected chi connectivity index (χ0v) is 13.3. The summed E-state index contributed by atoms with van der Waals surface area (Å²) in [4.78, 5) is 2.59. The summed E-state index contributed by atoms with van der Waals surface area (Å²) in [6, 6.07) is 9.73. The third kappa shape index (κ3) is 3.11. The van der Waals surface area contributed by atoms with Crippen molar-refractivity contribution < 1.29 is 0 Å². The fraction of sp³-hybridized carbons (Fsp3) is 0.588. The third-order valence-electron chi connectivity index (χ3n) is 4.45. The van der Waals surface area contributed by atoms with Crippen molar-refractivity contribution in [1.82, 2.24) is 20.0 Å². The number of benzene rings is 1. The SMILES string of the molecule is CC(C)NCC1CCCN1Cc1nn(C)c2ccccc12. The van der Waals surface area contributed by atoms with E-state index in [1.54, 1.807) is 0 Å². The van der Waals surface area contributed by atoms with Gasteiger partial charge in [-0.25, -0.2) is 0 Å². The van der Waals surface area contributed by atoms with Crippen molar-refractivity contribution in [3.8, 4) is 0 Å². The molecular formula is C17H26N4. The van der Waals surface area contributed by atoms with E-state index in [9.17, 15) is 0 Å². The number of hydrogen-bond acceptors (Lipinski definition) is 3. The topological polar surface area (TPSA) is 33.1 Å². The van der Waals surface area contributed by atoms with Gasteiger partial charge in [0, 0.05) is 37.6 Å². The maximum atomic E-state index is 4.74. The zero-order valence-electron chi connectivity index (χ0n) is 13.3. The van der Waals surface area contributed by atoms with Gasteiger partial charge in [0.05, 0.1) is 11.2 Å².